The Balaban J connectivity index is 2.38. The highest BCUT2D eigenvalue weighted by Crippen LogP contribution is 2.22. The van der Waals surface area contributed by atoms with Crippen LogP contribution in [0.3, 0.4) is 0 Å². The molecule has 0 aliphatic carbocycles. The van der Waals surface area contributed by atoms with Crippen molar-refractivity contribution in [1.82, 2.24) is 9.97 Å². The fourth-order valence-electron chi connectivity index (χ4n) is 1.71. The van der Waals surface area contributed by atoms with Crippen molar-refractivity contribution in [3.05, 3.63) is 60.2 Å². The summed E-state index contributed by atoms with van der Waals surface area (Å²) in [5.74, 6) is -0.887. The summed E-state index contributed by atoms with van der Waals surface area (Å²) in [7, 11) is 0. The van der Waals surface area contributed by atoms with Gasteiger partial charge in [-0.25, -0.2) is 0 Å². The van der Waals surface area contributed by atoms with E-state index in [0.717, 1.165) is 0 Å². The second kappa shape index (κ2) is 5.91. The zero-order valence-electron chi connectivity index (χ0n) is 10.1. The molecule has 92 valence electrons. The van der Waals surface area contributed by atoms with Crippen molar-refractivity contribution in [3.8, 4) is 0 Å². The summed E-state index contributed by atoms with van der Waals surface area (Å²) in [4.78, 5) is 20.5. The summed E-state index contributed by atoms with van der Waals surface area (Å²) in [6.07, 6.45) is 3.31. The predicted octanol–water partition coefficient (Wildman–Crippen LogP) is 2.17. The molecular formula is C14H14N2O2. The summed E-state index contributed by atoms with van der Waals surface area (Å²) in [5.41, 5.74) is 1.30. The molecule has 0 saturated heterocycles. The van der Waals surface area contributed by atoms with E-state index in [1.165, 1.54) is 0 Å². The minimum Gasteiger partial charge on any atom is -0.465 e. The van der Waals surface area contributed by atoms with E-state index >= 15 is 0 Å². The van der Waals surface area contributed by atoms with Crippen LogP contribution in [0.4, 0.5) is 0 Å². The number of aromatic nitrogens is 2. The summed E-state index contributed by atoms with van der Waals surface area (Å²) < 4.78 is 5.09. The SMILES string of the molecule is CCOC(=O)C(c1ccccn1)c1ccccn1. The van der Waals surface area contributed by atoms with E-state index in [0.29, 0.717) is 18.0 Å². The lowest BCUT2D eigenvalue weighted by Crippen LogP contribution is -2.19. The maximum Gasteiger partial charge on any atom is 0.321 e. The van der Waals surface area contributed by atoms with Gasteiger partial charge in [-0.3, -0.25) is 14.8 Å². The molecule has 0 atom stereocenters. The van der Waals surface area contributed by atoms with Gasteiger partial charge in [0.25, 0.3) is 0 Å². The van der Waals surface area contributed by atoms with Gasteiger partial charge < -0.3 is 4.74 Å². The Morgan fingerprint density at radius 1 is 1.11 bits per heavy atom. The van der Waals surface area contributed by atoms with Gasteiger partial charge >= 0.3 is 5.97 Å². The molecule has 18 heavy (non-hydrogen) atoms. The molecule has 2 aromatic rings. The van der Waals surface area contributed by atoms with Crippen molar-refractivity contribution in [2.24, 2.45) is 0 Å². The molecule has 0 bridgehead atoms. The lowest BCUT2D eigenvalue weighted by atomic mass is 10.00. The average molecular weight is 242 g/mol. The third-order valence-corrected chi connectivity index (χ3v) is 2.49. The first-order chi connectivity index (χ1) is 8.83. The van der Waals surface area contributed by atoms with Gasteiger partial charge in [-0.1, -0.05) is 12.1 Å². The lowest BCUT2D eigenvalue weighted by Gasteiger charge is -2.14. The zero-order chi connectivity index (χ0) is 12.8. The molecule has 4 heteroatoms. The van der Waals surface area contributed by atoms with Gasteiger partial charge in [-0.2, -0.15) is 0 Å². The second-order valence-corrected chi connectivity index (χ2v) is 3.69. The topological polar surface area (TPSA) is 52.1 Å². The van der Waals surface area contributed by atoms with Crippen molar-refractivity contribution < 1.29 is 9.53 Å². The molecule has 4 nitrogen and oxygen atoms in total. The second-order valence-electron chi connectivity index (χ2n) is 3.69. The van der Waals surface area contributed by atoms with Crippen molar-refractivity contribution >= 4 is 5.97 Å². The van der Waals surface area contributed by atoms with Crippen LogP contribution in [0, 0.1) is 0 Å². The smallest absolute Gasteiger partial charge is 0.321 e. The van der Waals surface area contributed by atoms with E-state index in [1.807, 2.05) is 24.3 Å². The van der Waals surface area contributed by atoms with Crippen LogP contribution in [0.1, 0.15) is 24.2 Å². The number of ether oxygens (including phenoxy) is 1. The number of nitrogens with zero attached hydrogens (tertiary/aromatic N) is 2. The minimum atomic E-state index is -0.563. The Morgan fingerprint density at radius 3 is 2.06 bits per heavy atom. The van der Waals surface area contributed by atoms with Crippen molar-refractivity contribution in [3.63, 3.8) is 0 Å². The normalized spacial score (nSPS) is 10.3. The number of hydrogen-bond acceptors (Lipinski definition) is 4. The van der Waals surface area contributed by atoms with Crippen LogP contribution in [0.5, 0.6) is 0 Å². The Kier molecular flexibility index (Phi) is 4.02. The molecule has 2 aromatic heterocycles. The first kappa shape index (κ1) is 12.2. The van der Waals surface area contributed by atoms with Crippen molar-refractivity contribution in [2.45, 2.75) is 12.8 Å². The standard InChI is InChI=1S/C14H14N2O2/c1-2-18-14(17)13(11-7-3-5-9-15-11)12-8-4-6-10-16-12/h3-10,13H,2H2,1H3. The van der Waals surface area contributed by atoms with Crippen LogP contribution in [0.2, 0.25) is 0 Å². The third kappa shape index (κ3) is 2.71. The number of pyridine rings is 2. The molecule has 0 aliphatic rings. The Morgan fingerprint density at radius 2 is 1.67 bits per heavy atom. The van der Waals surface area contributed by atoms with Gasteiger partial charge in [0.15, 0.2) is 0 Å². The van der Waals surface area contributed by atoms with Crippen LogP contribution in [0.15, 0.2) is 48.8 Å². The molecule has 0 saturated carbocycles. The molecule has 0 N–H and O–H groups in total. The summed E-state index contributed by atoms with van der Waals surface area (Å²) in [5, 5.41) is 0. The molecule has 0 radical (unpaired) electrons. The third-order valence-electron chi connectivity index (χ3n) is 2.49. The summed E-state index contributed by atoms with van der Waals surface area (Å²) >= 11 is 0. The summed E-state index contributed by atoms with van der Waals surface area (Å²) in [6, 6.07) is 10.9. The number of rotatable bonds is 4. The van der Waals surface area contributed by atoms with Crippen molar-refractivity contribution in [2.75, 3.05) is 6.61 Å². The molecule has 0 unspecified atom stereocenters. The van der Waals surface area contributed by atoms with E-state index in [9.17, 15) is 4.79 Å². The van der Waals surface area contributed by atoms with E-state index < -0.39 is 5.92 Å². The fraction of sp³-hybridized carbons (Fsp3) is 0.214. The molecule has 0 aromatic carbocycles. The zero-order valence-corrected chi connectivity index (χ0v) is 10.1. The van der Waals surface area contributed by atoms with Crippen molar-refractivity contribution in [1.29, 1.82) is 0 Å². The number of carbonyl (C=O) groups excluding carboxylic acids is 1. The molecule has 0 spiro atoms. The first-order valence-electron chi connectivity index (χ1n) is 5.81. The van der Waals surface area contributed by atoms with Crippen LogP contribution < -0.4 is 0 Å². The van der Waals surface area contributed by atoms with Gasteiger partial charge in [0.05, 0.1) is 18.0 Å². The molecule has 0 fully saturated rings. The minimum absolute atomic E-state index is 0.324. The van der Waals surface area contributed by atoms with Gasteiger partial charge in [0.1, 0.15) is 5.92 Å². The average Bonchev–Trinajstić information content (AvgIpc) is 2.42. The monoisotopic (exact) mass is 242 g/mol. The molecular weight excluding hydrogens is 228 g/mol. The Labute approximate surface area is 106 Å². The highest BCUT2D eigenvalue weighted by molar-refractivity contribution is 5.80. The van der Waals surface area contributed by atoms with E-state index in [4.69, 9.17) is 4.74 Å². The highest BCUT2D eigenvalue weighted by Gasteiger charge is 2.26. The van der Waals surface area contributed by atoms with Crippen LogP contribution in [-0.2, 0) is 9.53 Å². The van der Waals surface area contributed by atoms with Gasteiger partial charge in [-0.05, 0) is 31.2 Å². The van der Waals surface area contributed by atoms with Gasteiger partial charge in [0.2, 0.25) is 0 Å². The Bertz CT molecular complexity index is 460. The van der Waals surface area contributed by atoms with Gasteiger partial charge in [0, 0.05) is 12.4 Å². The maximum atomic E-state index is 12.0. The fourth-order valence-corrected chi connectivity index (χ4v) is 1.71. The first-order valence-corrected chi connectivity index (χ1v) is 5.81. The largest absolute Gasteiger partial charge is 0.465 e. The number of hydrogen-bond donors (Lipinski definition) is 0. The van der Waals surface area contributed by atoms with Gasteiger partial charge in [-0.15, -0.1) is 0 Å². The van der Waals surface area contributed by atoms with Crippen LogP contribution in [-0.4, -0.2) is 22.5 Å². The Hall–Kier alpha value is -2.23. The number of esters is 1. The molecule has 2 rings (SSSR count). The van der Waals surface area contributed by atoms with Crippen LogP contribution in [0.25, 0.3) is 0 Å². The molecule has 2 heterocycles. The molecule has 0 amide bonds. The number of carbonyl (C=O) groups is 1. The maximum absolute atomic E-state index is 12.0. The highest BCUT2D eigenvalue weighted by atomic mass is 16.5. The van der Waals surface area contributed by atoms with E-state index in [-0.39, 0.29) is 5.97 Å². The molecule has 0 aliphatic heterocycles. The lowest BCUT2D eigenvalue weighted by molar-refractivity contribution is -0.144. The van der Waals surface area contributed by atoms with E-state index in [2.05, 4.69) is 9.97 Å². The van der Waals surface area contributed by atoms with Crippen LogP contribution >= 0.6 is 0 Å². The quantitative estimate of drug-likeness (QED) is 0.771. The van der Waals surface area contributed by atoms with E-state index in [1.54, 1.807) is 31.5 Å². The predicted molar refractivity (Wildman–Crippen MR) is 67.0 cm³/mol. The summed E-state index contributed by atoms with van der Waals surface area (Å²) in [6.45, 7) is 2.13.